The van der Waals surface area contributed by atoms with Crippen LogP contribution in [0.4, 0.5) is 0 Å². The highest BCUT2D eigenvalue weighted by atomic mass is 31.2. The zero-order valence-corrected chi connectivity index (χ0v) is 19.6. The second kappa shape index (κ2) is 10.5. The highest BCUT2D eigenvalue weighted by Gasteiger charge is 2.36. The summed E-state index contributed by atoms with van der Waals surface area (Å²) in [5, 5.41) is 10.9. The van der Waals surface area contributed by atoms with E-state index >= 15 is 0 Å². The Labute approximate surface area is 179 Å². The molecule has 0 radical (unpaired) electrons. The summed E-state index contributed by atoms with van der Waals surface area (Å²) >= 11 is 0. The number of aromatic hydroxyl groups is 1. The number of phenols is 1. The van der Waals surface area contributed by atoms with Gasteiger partial charge in [-0.3, -0.25) is 9.05 Å². The Hall–Kier alpha value is -1.85. The molecule has 2 rings (SSSR count). The zero-order chi connectivity index (χ0) is 22.4. The Kier molecular flexibility index (Phi) is 8.51. The molecule has 0 saturated heterocycles. The Morgan fingerprint density at radius 2 is 1.77 bits per heavy atom. The molecule has 0 heterocycles. The minimum absolute atomic E-state index is 0.127. The number of hydrogen-bond acceptors (Lipinski definition) is 6. The van der Waals surface area contributed by atoms with Crippen LogP contribution in [0.2, 0.25) is 0 Å². The molecule has 1 N–H and O–H groups in total. The molecule has 2 aromatic rings. The molecule has 6 nitrogen and oxygen atoms in total. The smallest absolute Gasteiger partial charge is 0.477 e. The van der Waals surface area contributed by atoms with Crippen molar-refractivity contribution in [2.45, 2.75) is 59.2 Å². The topological polar surface area (TPSA) is 74.2 Å². The van der Waals surface area contributed by atoms with Gasteiger partial charge in [-0.1, -0.05) is 49.6 Å². The van der Waals surface area contributed by atoms with Gasteiger partial charge in [-0.2, -0.15) is 0 Å². The first-order chi connectivity index (χ1) is 14.1. The lowest BCUT2D eigenvalue weighted by Crippen LogP contribution is -2.31. The summed E-state index contributed by atoms with van der Waals surface area (Å²) in [6, 6.07) is 11.5. The van der Waals surface area contributed by atoms with Crippen molar-refractivity contribution in [2.24, 2.45) is 0 Å². The van der Waals surface area contributed by atoms with Gasteiger partial charge in [0.05, 0.1) is 5.56 Å². The summed E-state index contributed by atoms with van der Waals surface area (Å²) < 4.78 is 33.9. The maximum absolute atomic E-state index is 12.5. The van der Waals surface area contributed by atoms with Crippen LogP contribution in [0.3, 0.4) is 0 Å². The van der Waals surface area contributed by atoms with Gasteiger partial charge in [0.2, 0.25) is 5.79 Å². The first-order valence-corrected chi connectivity index (χ1v) is 11.6. The average Bonchev–Trinajstić information content (AvgIpc) is 2.67. The fourth-order valence-corrected chi connectivity index (χ4v) is 4.13. The van der Waals surface area contributed by atoms with Crippen LogP contribution in [-0.4, -0.2) is 25.1 Å². The van der Waals surface area contributed by atoms with Gasteiger partial charge >= 0.3 is 7.82 Å². The predicted molar refractivity (Wildman–Crippen MR) is 119 cm³/mol. The quantitative estimate of drug-likeness (QED) is 0.242. The van der Waals surface area contributed by atoms with Crippen molar-refractivity contribution < 1.29 is 28.0 Å². The molecule has 0 fully saturated rings. The van der Waals surface area contributed by atoms with Crippen molar-refractivity contribution in [3.63, 3.8) is 0 Å². The van der Waals surface area contributed by atoms with Gasteiger partial charge in [-0.25, -0.2) is 9.09 Å². The number of benzene rings is 2. The summed E-state index contributed by atoms with van der Waals surface area (Å²) in [7, 11) is -1.27. The van der Waals surface area contributed by atoms with Gasteiger partial charge in [0, 0.05) is 28.1 Å². The van der Waals surface area contributed by atoms with Gasteiger partial charge in [0.25, 0.3) is 0 Å². The second-order valence-electron chi connectivity index (χ2n) is 7.72. The van der Waals surface area contributed by atoms with Gasteiger partial charge in [0.1, 0.15) is 11.5 Å². The van der Waals surface area contributed by atoms with E-state index in [1.807, 2.05) is 37.3 Å². The highest BCUT2D eigenvalue weighted by Crippen LogP contribution is 2.52. The van der Waals surface area contributed by atoms with E-state index in [9.17, 15) is 9.67 Å². The minimum atomic E-state index is -3.77. The third-order valence-corrected chi connectivity index (χ3v) is 6.21. The van der Waals surface area contributed by atoms with Crippen LogP contribution in [0.15, 0.2) is 36.4 Å². The van der Waals surface area contributed by atoms with E-state index < -0.39 is 13.6 Å². The summed E-state index contributed by atoms with van der Waals surface area (Å²) in [5.74, 6) is -0.771. The lowest BCUT2D eigenvalue weighted by Gasteiger charge is -2.30. The summed E-state index contributed by atoms with van der Waals surface area (Å²) in [4.78, 5) is 0. The molecule has 0 amide bonds. The molecule has 7 heteroatoms. The first-order valence-electron chi connectivity index (χ1n) is 10.2. The molecule has 0 aromatic heterocycles. The molecule has 0 aliphatic rings. The van der Waals surface area contributed by atoms with E-state index in [4.69, 9.17) is 18.3 Å². The molecule has 0 spiro atoms. The maximum Gasteiger partial charge on any atom is 0.477 e. The van der Waals surface area contributed by atoms with Gasteiger partial charge in [-0.15, -0.1) is 0 Å². The van der Waals surface area contributed by atoms with Crippen LogP contribution in [0.5, 0.6) is 11.5 Å². The second-order valence-corrected chi connectivity index (χ2v) is 9.53. The van der Waals surface area contributed by atoms with Crippen molar-refractivity contribution >= 4 is 7.82 Å². The number of phosphoric acid groups is 1. The van der Waals surface area contributed by atoms with Crippen molar-refractivity contribution in [1.29, 1.82) is 0 Å². The first kappa shape index (κ1) is 24.4. The Balaban J connectivity index is 2.48. The SMILES string of the molecule is CCCCCc1cc(O)c(-c2cccc(C)c2)c(OC(C)(C)OP(=O)(OC)OC)c1. The standard InChI is InChI=1S/C23H33O6P/c1-7-8-9-12-18-15-20(24)22(19-13-10-11-17(2)14-19)21(16-18)28-23(3,4)29-30(25,26-5)27-6/h10-11,13-16,24H,7-9,12H2,1-6H3. The van der Waals surface area contributed by atoms with Crippen molar-refractivity contribution in [1.82, 2.24) is 0 Å². The summed E-state index contributed by atoms with van der Waals surface area (Å²) in [5.41, 5.74) is 3.40. The Morgan fingerprint density at radius 3 is 2.37 bits per heavy atom. The number of unbranched alkanes of at least 4 members (excludes halogenated alkanes) is 2. The maximum atomic E-state index is 12.5. The van der Waals surface area contributed by atoms with Crippen LogP contribution in [0, 0.1) is 6.92 Å². The van der Waals surface area contributed by atoms with Crippen LogP contribution in [-0.2, 0) is 24.6 Å². The normalized spacial score (nSPS) is 12.2. The number of aryl methyl sites for hydroxylation is 2. The minimum Gasteiger partial charge on any atom is -0.507 e. The molecule has 0 aliphatic heterocycles. The Morgan fingerprint density at radius 1 is 1.07 bits per heavy atom. The third kappa shape index (κ3) is 6.58. The van der Waals surface area contributed by atoms with Crippen molar-refractivity contribution in [3.8, 4) is 22.6 Å². The van der Waals surface area contributed by atoms with E-state index in [2.05, 4.69) is 6.92 Å². The largest absolute Gasteiger partial charge is 0.507 e. The van der Waals surface area contributed by atoms with Crippen LogP contribution in [0.1, 0.15) is 51.2 Å². The summed E-state index contributed by atoms with van der Waals surface area (Å²) in [6.07, 6.45) is 4.06. The van der Waals surface area contributed by atoms with E-state index in [1.165, 1.54) is 14.2 Å². The molecule has 2 aromatic carbocycles. The van der Waals surface area contributed by atoms with Crippen LogP contribution >= 0.6 is 7.82 Å². The number of ether oxygens (including phenoxy) is 1. The molecule has 0 unspecified atom stereocenters. The molecule has 166 valence electrons. The van der Waals surface area contributed by atoms with E-state index in [1.54, 1.807) is 19.9 Å². The molecule has 0 bridgehead atoms. The van der Waals surface area contributed by atoms with E-state index in [0.29, 0.717) is 11.3 Å². The molecule has 0 atom stereocenters. The van der Waals surface area contributed by atoms with Crippen molar-refractivity contribution in [3.05, 3.63) is 47.5 Å². The predicted octanol–water partition coefficient (Wildman–Crippen LogP) is 6.63. The number of phosphoric ester groups is 1. The molecular weight excluding hydrogens is 403 g/mol. The van der Waals surface area contributed by atoms with Gasteiger partial charge in [0.15, 0.2) is 0 Å². The van der Waals surface area contributed by atoms with Gasteiger partial charge in [-0.05, 0) is 43.0 Å². The number of rotatable bonds is 11. The highest BCUT2D eigenvalue weighted by molar-refractivity contribution is 7.48. The van der Waals surface area contributed by atoms with E-state index in [-0.39, 0.29) is 5.75 Å². The lowest BCUT2D eigenvalue weighted by atomic mass is 9.97. The number of phenolic OH excluding ortho intramolecular Hbond substituents is 1. The molecular formula is C23H33O6P. The summed E-state index contributed by atoms with van der Waals surface area (Å²) in [6.45, 7) is 7.38. The van der Waals surface area contributed by atoms with Crippen LogP contribution in [0.25, 0.3) is 11.1 Å². The molecule has 0 saturated carbocycles. The average molecular weight is 436 g/mol. The molecule has 30 heavy (non-hydrogen) atoms. The number of hydrogen-bond donors (Lipinski definition) is 1. The van der Waals surface area contributed by atoms with Crippen LogP contribution < -0.4 is 4.74 Å². The monoisotopic (exact) mass is 436 g/mol. The third-order valence-electron chi connectivity index (χ3n) is 4.65. The fraction of sp³-hybridized carbons (Fsp3) is 0.478. The Bertz CT molecular complexity index is 885. The zero-order valence-electron chi connectivity index (χ0n) is 18.7. The van der Waals surface area contributed by atoms with Crippen molar-refractivity contribution in [2.75, 3.05) is 14.2 Å². The lowest BCUT2D eigenvalue weighted by molar-refractivity contribution is -0.0998. The van der Waals surface area contributed by atoms with E-state index in [0.717, 1.165) is 42.4 Å². The van der Waals surface area contributed by atoms with Gasteiger partial charge < -0.3 is 9.84 Å². The molecule has 0 aliphatic carbocycles. The fourth-order valence-electron chi connectivity index (χ4n) is 3.25.